The molecule has 0 saturated carbocycles. The van der Waals surface area contributed by atoms with Crippen molar-refractivity contribution in [3.8, 4) is 0 Å². The number of nitro benzene ring substituents is 2. The Bertz CT molecular complexity index is 1070. The van der Waals surface area contributed by atoms with Crippen molar-refractivity contribution in [2.45, 2.75) is 19.1 Å². The van der Waals surface area contributed by atoms with E-state index in [1.54, 1.807) is 25.1 Å². The molecule has 2 aromatic carbocycles. The Balaban J connectivity index is 2.02. The summed E-state index contributed by atoms with van der Waals surface area (Å²) in [4.78, 5) is 34.3. The van der Waals surface area contributed by atoms with Crippen LogP contribution < -0.4 is 10.6 Å². The van der Waals surface area contributed by atoms with Crippen molar-refractivity contribution < 1.29 is 24.1 Å². The lowest BCUT2D eigenvalue weighted by molar-refractivity contribution is -0.385. The Morgan fingerprint density at radius 2 is 1.59 bits per heavy atom. The maximum atomic E-state index is 12.8. The molecule has 2 unspecified atom stereocenters. The van der Waals surface area contributed by atoms with Gasteiger partial charge in [-0.2, -0.15) is 0 Å². The maximum absolute atomic E-state index is 12.8. The lowest BCUT2D eigenvalue weighted by Gasteiger charge is -2.35. The fraction of sp³-hybridized carbons (Fsp3) is 0.286. The molecule has 1 heterocycles. The molecule has 2 N–H and O–H groups in total. The summed E-state index contributed by atoms with van der Waals surface area (Å²) in [6, 6.07) is 11.2. The maximum Gasteiger partial charge on any atom is 0.337 e. The highest BCUT2D eigenvalue weighted by Crippen LogP contribution is 2.34. The topological polar surface area (TPSA) is 146 Å². The Labute approximate surface area is 183 Å². The lowest BCUT2D eigenvalue weighted by atomic mass is 9.93. The van der Waals surface area contributed by atoms with Crippen molar-refractivity contribution in [3.63, 3.8) is 0 Å². The van der Waals surface area contributed by atoms with Gasteiger partial charge in [-0.25, -0.2) is 4.79 Å². The summed E-state index contributed by atoms with van der Waals surface area (Å²) in [6.45, 7) is 1.95. The van der Waals surface area contributed by atoms with E-state index < -0.39 is 28.0 Å². The standard InChI is InChI=1S/C21H22N4O7/c1-13-18(21(26)32-10-9-31-2)19(14-5-3-7-16(11-14)24(27)28)23-20(22-13)15-6-4-8-17(12-15)25(29)30/h3-8,11-12,19-20,22-23H,9-10H2,1-2H3. The van der Waals surface area contributed by atoms with E-state index in [0.717, 1.165) is 0 Å². The number of non-ortho nitro benzene ring substituents is 2. The third kappa shape index (κ3) is 5.07. The summed E-state index contributed by atoms with van der Waals surface area (Å²) < 4.78 is 10.2. The average Bonchev–Trinajstić information content (AvgIpc) is 2.78. The van der Waals surface area contributed by atoms with E-state index in [2.05, 4.69) is 10.6 Å². The van der Waals surface area contributed by atoms with Crippen LogP contribution >= 0.6 is 0 Å². The summed E-state index contributed by atoms with van der Waals surface area (Å²) in [5.74, 6) is -0.603. The van der Waals surface area contributed by atoms with Crippen molar-refractivity contribution in [2.24, 2.45) is 0 Å². The van der Waals surface area contributed by atoms with Crippen LogP contribution in [-0.2, 0) is 14.3 Å². The average molecular weight is 442 g/mol. The number of nitrogens with one attached hydrogen (secondary N) is 2. The van der Waals surface area contributed by atoms with Crippen molar-refractivity contribution in [1.82, 2.24) is 10.6 Å². The van der Waals surface area contributed by atoms with Gasteiger partial charge in [-0.15, -0.1) is 0 Å². The molecule has 2 atom stereocenters. The number of carbonyl (C=O) groups excluding carboxylic acids is 1. The van der Waals surface area contributed by atoms with E-state index in [1.807, 2.05) is 0 Å². The number of nitrogens with zero attached hydrogens (tertiary/aromatic N) is 2. The SMILES string of the molecule is COCCOC(=O)C1=C(C)NC(c2cccc([N+](=O)[O-])c2)NC1c1cccc([N+](=O)[O-])c1. The van der Waals surface area contributed by atoms with Crippen LogP contribution in [0.15, 0.2) is 59.8 Å². The molecular formula is C21H22N4O7. The van der Waals surface area contributed by atoms with Crippen molar-refractivity contribution >= 4 is 17.3 Å². The normalized spacial score (nSPS) is 18.1. The first-order chi connectivity index (χ1) is 15.3. The van der Waals surface area contributed by atoms with E-state index in [-0.39, 0.29) is 30.2 Å². The molecule has 0 fully saturated rings. The molecule has 32 heavy (non-hydrogen) atoms. The second kappa shape index (κ2) is 9.98. The van der Waals surface area contributed by atoms with E-state index in [1.165, 1.54) is 37.4 Å². The summed E-state index contributed by atoms with van der Waals surface area (Å²) >= 11 is 0. The van der Waals surface area contributed by atoms with Gasteiger partial charge in [-0.1, -0.05) is 24.3 Å². The van der Waals surface area contributed by atoms with Crippen LogP contribution in [0.3, 0.4) is 0 Å². The molecule has 0 saturated heterocycles. The van der Waals surface area contributed by atoms with Crippen LogP contribution in [-0.4, -0.2) is 36.1 Å². The number of esters is 1. The number of rotatable bonds is 8. The molecule has 2 aromatic rings. The number of hydrogen-bond donors (Lipinski definition) is 2. The first-order valence-corrected chi connectivity index (χ1v) is 9.70. The predicted octanol–water partition coefficient (Wildman–Crippen LogP) is 2.90. The molecule has 0 aromatic heterocycles. The van der Waals surface area contributed by atoms with Gasteiger partial charge in [0.2, 0.25) is 0 Å². The number of ether oxygens (including phenoxy) is 2. The van der Waals surface area contributed by atoms with Gasteiger partial charge in [0, 0.05) is 37.1 Å². The van der Waals surface area contributed by atoms with Gasteiger partial charge in [0.25, 0.3) is 11.4 Å². The van der Waals surface area contributed by atoms with E-state index >= 15 is 0 Å². The third-order valence-corrected chi connectivity index (χ3v) is 4.96. The van der Waals surface area contributed by atoms with Crippen molar-refractivity contribution in [3.05, 3.63) is 91.2 Å². The fourth-order valence-corrected chi connectivity index (χ4v) is 3.45. The number of allylic oxidation sites excluding steroid dienone is 1. The zero-order chi connectivity index (χ0) is 23.3. The molecule has 11 nitrogen and oxygen atoms in total. The minimum Gasteiger partial charge on any atom is -0.460 e. The molecule has 1 aliphatic rings. The second-order valence-electron chi connectivity index (χ2n) is 7.05. The largest absolute Gasteiger partial charge is 0.460 e. The molecule has 3 rings (SSSR count). The zero-order valence-electron chi connectivity index (χ0n) is 17.4. The van der Waals surface area contributed by atoms with Crippen LogP contribution in [0.4, 0.5) is 11.4 Å². The van der Waals surface area contributed by atoms with Crippen LogP contribution in [0.1, 0.15) is 30.3 Å². The van der Waals surface area contributed by atoms with Gasteiger partial charge in [-0.3, -0.25) is 25.5 Å². The Kier molecular flexibility index (Phi) is 7.13. The van der Waals surface area contributed by atoms with Crippen LogP contribution in [0.2, 0.25) is 0 Å². The van der Waals surface area contributed by atoms with Gasteiger partial charge >= 0.3 is 5.97 Å². The summed E-state index contributed by atoms with van der Waals surface area (Å²) in [7, 11) is 1.48. The Morgan fingerprint density at radius 3 is 2.19 bits per heavy atom. The zero-order valence-corrected chi connectivity index (χ0v) is 17.4. The lowest BCUT2D eigenvalue weighted by Crippen LogP contribution is -2.44. The van der Waals surface area contributed by atoms with Crippen LogP contribution in [0.5, 0.6) is 0 Å². The highest BCUT2D eigenvalue weighted by molar-refractivity contribution is 5.91. The number of nitro groups is 2. The fourth-order valence-electron chi connectivity index (χ4n) is 3.45. The van der Waals surface area contributed by atoms with Crippen molar-refractivity contribution in [1.29, 1.82) is 0 Å². The number of benzene rings is 2. The summed E-state index contributed by atoms with van der Waals surface area (Å²) in [6.07, 6.45) is -0.588. The monoisotopic (exact) mass is 442 g/mol. The quantitative estimate of drug-likeness (QED) is 0.273. The molecule has 0 radical (unpaired) electrons. The first kappa shape index (κ1) is 22.8. The van der Waals surface area contributed by atoms with Crippen LogP contribution in [0.25, 0.3) is 0 Å². The summed E-state index contributed by atoms with van der Waals surface area (Å²) in [5.41, 5.74) is 1.58. The van der Waals surface area contributed by atoms with Gasteiger partial charge in [0.15, 0.2) is 0 Å². The second-order valence-corrected chi connectivity index (χ2v) is 7.05. The van der Waals surface area contributed by atoms with Crippen LogP contribution in [0, 0.1) is 20.2 Å². The number of hydrogen-bond acceptors (Lipinski definition) is 9. The Hall–Kier alpha value is -3.83. The Morgan fingerprint density at radius 1 is 1.00 bits per heavy atom. The van der Waals surface area contributed by atoms with E-state index in [4.69, 9.17) is 9.47 Å². The summed E-state index contributed by atoms with van der Waals surface area (Å²) in [5, 5.41) is 28.8. The van der Waals surface area contributed by atoms with Gasteiger partial charge in [0.05, 0.1) is 28.1 Å². The van der Waals surface area contributed by atoms with Crippen molar-refractivity contribution in [2.75, 3.05) is 20.3 Å². The van der Waals surface area contributed by atoms with E-state index in [9.17, 15) is 25.0 Å². The molecule has 0 amide bonds. The molecule has 168 valence electrons. The molecule has 1 aliphatic heterocycles. The van der Waals surface area contributed by atoms with E-state index in [0.29, 0.717) is 16.8 Å². The molecule has 0 aliphatic carbocycles. The third-order valence-electron chi connectivity index (χ3n) is 4.96. The molecular weight excluding hydrogens is 420 g/mol. The predicted molar refractivity (Wildman–Crippen MR) is 113 cm³/mol. The van der Waals surface area contributed by atoms with Gasteiger partial charge in [0.1, 0.15) is 12.8 Å². The van der Waals surface area contributed by atoms with Gasteiger partial charge < -0.3 is 14.8 Å². The highest BCUT2D eigenvalue weighted by Gasteiger charge is 2.34. The highest BCUT2D eigenvalue weighted by atomic mass is 16.6. The van der Waals surface area contributed by atoms with Gasteiger partial charge in [-0.05, 0) is 18.1 Å². The molecule has 11 heteroatoms. The first-order valence-electron chi connectivity index (χ1n) is 9.70. The minimum absolute atomic E-state index is 0.0437. The molecule has 0 bridgehead atoms. The minimum atomic E-state index is -0.754. The number of carbonyl (C=O) groups is 1. The number of methoxy groups -OCH3 is 1. The molecule has 0 spiro atoms. The smallest absolute Gasteiger partial charge is 0.337 e.